The van der Waals surface area contributed by atoms with E-state index in [0.29, 0.717) is 31.6 Å². The SMILES string of the molecule is CN(C)C(=O)Nc1ccc(S(=O)(=O)CNCCCC(=O)N(C)CCc2ccc(C3=NCCN3)cc2)cc1. The Morgan fingerprint density at radius 2 is 1.73 bits per heavy atom. The molecule has 0 fully saturated rings. The number of nitrogens with zero attached hydrogens (tertiary/aromatic N) is 3. The second-order valence-corrected chi connectivity index (χ2v) is 11.1. The maximum absolute atomic E-state index is 12.6. The molecule has 2 aromatic rings. The van der Waals surface area contributed by atoms with Gasteiger partial charge in [-0.15, -0.1) is 0 Å². The second-order valence-electron chi connectivity index (χ2n) is 9.13. The molecule has 0 saturated heterocycles. The minimum absolute atomic E-state index is 0.0288. The van der Waals surface area contributed by atoms with Crippen molar-refractivity contribution in [3.05, 3.63) is 59.7 Å². The van der Waals surface area contributed by atoms with Crippen molar-refractivity contribution in [2.45, 2.75) is 24.2 Å². The molecule has 0 bridgehead atoms. The summed E-state index contributed by atoms with van der Waals surface area (Å²) in [5, 5.41) is 8.84. The van der Waals surface area contributed by atoms with Crippen LogP contribution in [0.1, 0.15) is 24.0 Å². The molecule has 2 aromatic carbocycles. The van der Waals surface area contributed by atoms with Crippen molar-refractivity contribution in [3.63, 3.8) is 0 Å². The molecule has 3 N–H and O–H groups in total. The summed E-state index contributed by atoms with van der Waals surface area (Å²) in [5.74, 6) is 0.739. The summed E-state index contributed by atoms with van der Waals surface area (Å²) in [5.41, 5.74) is 2.74. The zero-order chi connectivity index (χ0) is 26.8. The lowest BCUT2D eigenvalue weighted by atomic mass is 10.1. The van der Waals surface area contributed by atoms with E-state index in [4.69, 9.17) is 0 Å². The third kappa shape index (κ3) is 8.57. The number of rotatable bonds is 12. The molecular formula is C26H36N6O4S. The summed E-state index contributed by atoms with van der Waals surface area (Å²) in [6, 6.07) is 14.0. The quantitative estimate of drug-likeness (QED) is 0.362. The summed E-state index contributed by atoms with van der Waals surface area (Å²) < 4.78 is 25.1. The molecule has 0 aliphatic carbocycles. The van der Waals surface area contributed by atoms with Crippen LogP contribution in [0.2, 0.25) is 0 Å². The molecule has 1 heterocycles. The van der Waals surface area contributed by atoms with E-state index in [9.17, 15) is 18.0 Å². The van der Waals surface area contributed by atoms with Gasteiger partial charge < -0.3 is 25.8 Å². The predicted octanol–water partition coefficient (Wildman–Crippen LogP) is 1.93. The molecule has 1 aliphatic heterocycles. The summed E-state index contributed by atoms with van der Waals surface area (Å²) >= 11 is 0. The maximum Gasteiger partial charge on any atom is 0.321 e. The number of carbonyl (C=O) groups is 2. The number of sulfone groups is 1. The van der Waals surface area contributed by atoms with Gasteiger partial charge in [0.25, 0.3) is 0 Å². The van der Waals surface area contributed by atoms with Gasteiger partial charge >= 0.3 is 6.03 Å². The minimum atomic E-state index is -3.53. The summed E-state index contributed by atoms with van der Waals surface area (Å²) in [6.07, 6.45) is 1.64. The van der Waals surface area contributed by atoms with E-state index in [-0.39, 0.29) is 22.7 Å². The highest BCUT2D eigenvalue weighted by atomic mass is 32.2. The van der Waals surface area contributed by atoms with Gasteiger partial charge in [0.15, 0.2) is 9.84 Å². The van der Waals surface area contributed by atoms with Gasteiger partial charge in [0.05, 0.1) is 11.4 Å². The molecule has 0 spiro atoms. The van der Waals surface area contributed by atoms with Crippen molar-refractivity contribution in [2.24, 2.45) is 4.99 Å². The van der Waals surface area contributed by atoms with Gasteiger partial charge in [-0.25, -0.2) is 13.2 Å². The number of hydrogen-bond donors (Lipinski definition) is 3. The normalized spacial score (nSPS) is 13.0. The Balaban J connectivity index is 1.34. The Hall–Kier alpha value is -3.44. The molecule has 10 nitrogen and oxygen atoms in total. The van der Waals surface area contributed by atoms with Crippen LogP contribution in [0.15, 0.2) is 58.4 Å². The van der Waals surface area contributed by atoms with Gasteiger partial charge in [-0.2, -0.15) is 0 Å². The van der Waals surface area contributed by atoms with Crippen molar-refractivity contribution in [1.82, 2.24) is 20.4 Å². The highest BCUT2D eigenvalue weighted by molar-refractivity contribution is 7.91. The van der Waals surface area contributed by atoms with E-state index in [0.717, 1.165) is 36.5 Å². The smallest absolute Gasteiger partial charge is 0.321 e. The Morgan fingerprint density at radius 1 is 1.03 bits per heavy atom. The van der Waals surface area contributed by atoms with Gasteiger partial charge in [0.1, 0.15) is 11.7 Å². The molecule has 0 saturated carbocycles. The van der Waals surface area contributed by atoms with Crippen LogP contribution < -0.4 is 16.0 Å². The second kappa shape index (κ2) is 13.2. The largest absolute Gasteiger partial charge is 0.368 e. The van der Waals surface area contributed by atoms with Crippen LogP contribution in [0.4, 0.5) is 10.5 Å². The number of urea groups is 1. The molecular weight excluding hydrogens is 492 g/mol. The molecule has 3 rings (SSSR count). The van der Waals surface area contributed by atoms with E-state index in [1.807, 2.05) is 12.1 Å². The first kappa shape index (κ1) is 28.1. The summed E-state index contributed by atoms with van der Waals surface area (Å²) in [7, 11) is 1.50. The lowest BCUT2D eigenvalue weighted by Gasteiger charge is -2.17. The first-order valence-electron chi connectivity index (χ1n) is 12.3. The van der Waals surface area contributed by atoms with Crippen LogP contribution in [0.25, 0.3) is 0 Å². The number of likely N-dealkylation sites (N-methyl/N-ethyl adjacent to an activating group) is 1. The Kier molecular flexibility index (Phi) is 10.0. The molecule has 0 radical (unpaired) electrons. The molecule has 3 amide bonds. The number of aliphatic imine (C=N–C) groups is 1. The summed E-state index contributed by atoms with van der Waals surface area (Å²) in [6.45, 7) is 2.71. The van der Waals surface area contributed by atoms with Crippen LogP contribution in [0, 0.1) is 0 Å². The Morgan fingerprint density at radius 3 is 2.35 bits per heavy atom. The lowest BCUT2D eigenvalue weighted by Crippen LogP contribution is -2.30. The molecule has 37 heavy (non-hydrogen) atoms. The fourth-order valence-electron chi connectivity index (χ4n) is 3.67. The average molecular weight is 529 g/mol. The fourth-order valence-corrected chi connectivity index (χ4v) is 4.80. The van der Waals surface area contributed by atoms with Gasteiger partial charge in [-0.05, 0) is 49.2 Å². The van der Waals surface area contributed by atoms with Crippen LogP contribution >= 0.6 is 0 Å². The van der Waals surface area contributed by atoms with Crippen molar-refractivity contribution in [1.29, 1.82) is 0 Å². The molecule has 0 unspecified atom stereocenters. The van der Waals surface area contributed by atoms with Gasteiger partial charge in [0.2, 0.25) is 5.91 Å². The van der Waals surface area contributed by atoms with E-state index >= 15 is 0 Å². The van der Waals surface area contributed by atoms with Crippen LogP contribution in [-0.4, -0.2) is 89.2 Å². The topological polar surface area (TPSA) is 123 Å². The Labute approximate surface area is 219 Å². The average Bonchev–Trinajstić information content (AvgIpc) is 3.42. The van der Waals surface area contributed by atoms with Crippen molar-refractivity contribution >= 4 is 33.3 Å². The van der Waals surface area contributed by atoms with Crippen LogP contribution in [0.3, 0.4) is 0 Å². The van der Waals surface area contributed by atoms with E-state index < -0.39 is 9.84 Å². The van der Waals surface area contributed by atoms with E-state index in [2.05, 4.69) is 33.1 Å². The zero-order valence-electron chi connectivity index (χ0n) is 21.7. The minimum Gasteiger partial charge on any atom is -0.368 e. The first-order chi connectivity index (χ1) is 17.7. The van der Waals surface area contributed by atoms with Gasteiger partial charge in [-0.1, -0.05) is 24.3 Å². The standard InChI is InChI=1S/C26H36N6O4S/c1-31(2)26(34)30-22-10-12-23(13-11-22)37(35,36)19-27-15-4-5-24(33)32(3)18-14-20-6-8-21(9-7-20)25-28-16-17-29-25/h6-13,27H,4-5,14-19H2,1-3H3,(H,28,29)(H,30,34). The van der Waals surface area contributed by atoms with Crippen molar-refractivity contribution < 1.29 is 18.0 Å². The number of carbonyl (C=O) groups excluding carboxylic acids is 2. The molecule has 0 aromatic heterocycles. The monoisotopic (exact) mass is 528 g/mol. The number of hydrogen-bond acceptors (Lipinski definition) is 7. The van der Waals surface area contributed by atoms with Gasteiger partial charge in [0, 0.05) is 51.9 Å². The summed E-state index contributed by atoms with van der Waals surface area (Å²) in [4.78, 5) is 31.8. The molecule has 11 heteroatoms. The van der Waals surface area contributed by atoms with Crippen LogP contribution in [0.5, 0.6) is 0 Å². The Bertz CT molecular complexity index is 1190. The molecule has 200 valence electrons. The number of amidine groups is 1. The zero-order valence-corrected chi connectivity index (χ0v) is 22.5. The van der Waals surface area contributed by atoms with Crippen molar-refractivity contribution in [2.75, 3.05) is 58.5 Å². The number of anilines is 1. The highest BCUT2D eigenvalue weighted by Gasteiger charge is 2.15. The van der Waals surface area contributed by atoms with Crippen LogP contribution in [-0.2, 0) is 21.1 Å². The van der Waals surface area contributed by atoms with Gasteiger partial charge in [-0.3, -0.25) is 9.79 Å². The lowest BCUT2D eigenvalue weighted by molar-refractivity contribution is -0.129. The highest BCUT2D eigenvalue weighted by Crippen LogP contribution is 2.15. The first-order valence-corrected chi connectivity index (χ1v) is 13.9. The third-order valence-corrected chi connectivity index (χ3v) is 7.54. The maximum atomic E-state index is 12.6. The number of nitrogens with one attached hydrogen (secondary N) is 3. The third-order valence-electron chi connectivity index (χ3n) is 5.97. The fraction of sp³-hybridized carbons (Fsp3) is 0.423. The predicted molar refractivity (Wildman–Crippen MR) is 146 cm³/mol. The molecule has 0 atom stereocenters. The van der Waals surface area contributed by atoms with E-state index in [1.54, 1.807) is 38.2 Å². The van der Waals surface area contributed by atoms with E-state index in [1.165, 1.54) is 17.0 Å². The van der Waals surface area contributed by atoms with Crippen molar-refractivity contribution in [3.8, 4) is 0 Å². The number of benzene rings is 2. The molecule has 1 aliphatic rings. The number of amides is 3.